The van der Waals surface area contributed by atoms with E-state index >= 15 is 0 Å². The third-order valence-corrected chi connectivity index (χ3v) is 8.35. The molecule has 1 atom stereocenters. The molecule has 1 unspecified atom stereocenters. The fourth-order valence-corrected chi connectivity index (χ4v) is 5.98. The van der Waals surface area contributed by atoms with Crippen molar-refractivity contribution in [2.75, 3.05) is 32.5 Å². The van der Waals surface area contributed by atoms with Gasteiger partial charge in [-0.05, 0) is 67.4 Å². The fourth-order valence-electron chi connectivity index (χ4n) is 5.07. The number of hydrogen-bond acceptors (Lipinski definition) is 6. The summed E-state index contributed by atoms with van der Waals surface area (Å²) in [7, 11) is 1.64. The smallest absolute Gasteiger partial charge is 0.254 e. The van der Waals surface area contributed by atoms with Crippen LogP contribution in [0.4, 0.5) is 4.39 Å². The summed E-state index contributed by atoms with van der Waals surface area (Å²) in [5, 5.41) is 9.78. The number of benzene rings is 3. The van der Waals surface area contributed by atoms with Gasteiger partial charge in [0.2, 0.25) is 5.91 Å². The van der Waals surface area contributed by atoms with Crippen LogP contribution in [0, 0.1) is 5.82 Å². The lowest BCUT2D eigenvalue weighted by molar-refractivity contribution is -0.133. The minimum Gasteiger partial charge on any atom is -0.497 e. The summed E-state index contributed by atoms with van der Waals surface area (Å²) in [6.07, 6.45) is 1.75. The van der Waals surface area contributed by atoms with Gasteiger partial charge in [-0.15, -0.1) is 10.2 Å². The van der Waals surface area contributed by atoms with Gasteiger partial charge < -0.3 is 14.5 Å². The first-order valence-electron chi connectivity index (χ1n) is 14.0. The molecule has 0 saturated carbocycles. The highest BCUT2D eigenvalue weighted by Crippen LogP contribution is 2.26. The van der Waals surface area contributed by atoms with Crippen molar-refractivity contribution >= 4 is 23.6 Å². The molecule has 0 radical (unpaired) electrons. The van der Waals surface area contributed by atoms with Crippen LogP contribution in [0.15, 0.2) is 84.0 Å². The van der Waals surface area contributed by atoms with Crippen molar-refractivity contribution in [3.63, 3.8) is 0 Å². The van der Waals surface area contributed by atoms with E-state index in [0.717, 1.165) is 28.0 Å². The fraction of sp³-hybridized carbons (Fsp3) is 0.312. The molecule has 3 aromatic carbocycles. The van der Waals surface area contributed by atoms with E-state index in [-0.39, 0.29) is 23.7 Å². The van der Waals surface area contributed by atoms with Crippen LogP contribution in [-0.2, 0) is 11.2 Å². The average Bonchev–Trinajstić information content (AvgIpc) is 3.41. The largest absolute Gasteiger partial charge is 0.497 e. The van der Waals surface area contributed by atoms with Crippen LogP contribution in [0.1, 0.15) is 41.5 Å². The van der Waals surface area contributed by atoms with Crippen LogP contribution < -0.4 is 4.74 Å². The highest BCUT2D eigenvalue weighted by molar-refractivity contribution is 7.99. The number of aromatic nitrogens is 3. The van der Waals surface area contributed by atoms with Gasteiger partial charge in [-0.2, -0.15) is 0 Å². The Balaban J connectivity index is 1.17. The molecular formula is C32H34FN5O3S. The minimum absolute atomic E-state index is 0.0812. The van der Waals surface area contributed by atoms with E-state index in [2.05, 4.69) is 26.9 Å². The van der Waals surface area contributed by atoms with Gasteiger partial charge in [-0.1, -0.05) is 42.1 Å². The SMILES string of the molecule is COc1ccc(-n2c(Cc3ccccc3)nnc2SCCCC(=O)N2CCN(C(=O)c3ccc(F)cc3)C(C)C2)cc1. The van der Waals surface area contributed by atoms with Gasteiger partial charge in [0.05, 0.1) is 7.11 Å². The monoisotopic (exact) mass is 587 g/mol. The number of piperazine rings is 1. The molecule has 2 heterocycles. The second-order valence-corrected chi connectivity index (χ2v) is 11.3. The molecule has 5 rings (SSSR count). The van der Waals surface area contributed by atoms with Crippen LogP contribution in [0.3, 0.4) is 0 Å². The quantitative estimate of drug-likeness (QED) is 0.186. The molecule has 1 saturated heterocycles. The molecule has 2 amide bonds. The minimum atomic E-state index is -0.373. The summed E-state index contributed by atoms with van der Waals surface area (Å²) >= 11 is 1.58. The number of nitrogens with zero attached hydrogens (tertiary/aromatic N) is 5. The molecule has 0 N–H and O–H groups in total. The predicted molar refractivity (Wildman–Crippen MR) is 161 cm³/mol. The standard InChI is InChI=1S/C32H34FN5O3S/c1-23-22-36(18-19-37(23)31(40)25-10-12-26(33)13-11-25)30(39)9-6-20-42-32-35-34-29(21-24-7-4-3-5-8-24)38(32)27-14-16-28(41-2)17-15-27/h3-5,7-8,10-17,23H,6,9,18-22H2,1-2H3. The number of methoxy groups -OCH3 is 1. The average molecular weight is 588 g/mol. The van der Waals surface area contributed by atoms with Crippen molar-refractivity contribution in [3.05, 3.63) is 102 Å². The Bertz CT molecular complexity index is 1500. The number of amides is 2. The number of carbonyl (C=O) groups is 2. The third-order valence-electron chi connectivity index (χ3n) is 7.33. The Morgan fingerprint density at radius 1 is 0.976 bits per heavy atom. The summed E-state index contributed by atoms with van der Waals surface area (Å²) in [6, 6.07) is 23.5. The highest BCUT2D eigenvalue weighted by Gasteiger charge is 2.30. The van der Waals surface area contributed by atoms with Gasteiger partial charge in [0.1, 0.15) is 17.4 Å². The Labute approximate surface area is 249 Å². The molecule has 0 aliphatic carbocycles. The molecular weight excluding hydrogens is 553 g/mol. The molecule has 4 aromatic rings. The van der Waals surface area contributed by atoms with Crippen molar-refractivity contribution in [2.45, 2.75) is 37.4 Å². The van der Waals surface area contributed by atoms with Gasteiger partial charge in [0.15, 0.2) is 5.16 Å². The molecule has 0 spiro atoms. The number of thioether (sulfide) groups is 1. The maximum Gasteiger partial charge on any atom is 0.254 e. The number of carbonyl (C=O) groups excluding carboxylic acids is 2. The first-order valence-corrected chi connectivity index (χ1v) is 15.0. The Morgan fingerprint density at radius 2 is 1.71 bits per heavy atom. The first kappa shape index (κ1) is 29.3. The second-order valence-electron chi connectivity index (χ2n) is 10.2. The summed E-state index contributed by atoms with van der Waals surface area (Å²) in [5.74, 6) is 1.90. The normalized spacial score (nSPS) is 15.1. The van der Waals surface area contributed by atoms with E-state index in [1.54, 1.807) is 23.8 Å². The van der Waals surface area contributed by atoms with Gasteiger partial charge in [0.25, 0.3) is 5.91 Å². The zero-order chi connectivity index (χ0) is 29.5. The summed E-state index contributed by atoms with van der Waals surface area (Å²) in [5.41, 5.74) is 2.55. The van der Waals surface area contributed by atoms with Crippen LogP contribution in [0.5, 0.6) is 5.75 Å². The maximum absolute atomic E-state index is 13.3. The van der Waals surface area contributed by atoms with E-state index in [9.17, 15) is 14.0 Å². The molecule has 0 bridgehead atoms. The zero-order valence-electron chi connectivity index (χ0n) is 23.8. The Morgan fingerprint density at radius 3 is 2.40 bits per heavy atom. The van der Waals surface area contributed by atoms with E-state index in [1.807, 2.05) is 54.3 Å². The Kier molecular flexibility index (Phi) is 9.53. The lowest BCUT2D eigenvalue weighted by atomic mass is 10.1. The molecule has 1 aliphatic heterocycles. The summed E-state index contributed by atoms with van der Waals surface area (Å²) < 4.78 is 20.7. The van der Waals surface area contributed by atoms with E-state index in [0.29, 0.717) is 50.2 Å². The number of rotatable bonds is 10. The molecule has 1 aromatic heterocycles. The van der Waals surface area contributed by atoms with Crippen LogP contribution in [-0.4, -0.2) is 74.9 Å². The summed E-state index contributed by atoms with van der Waals surface area (Å²) in [4.78, 5) is 29.5. The third kappa shape index (κ3) is 6.99. The van der Waals surface area contributed by atoms with Gasteiger partial charge in [0, 0.05) is 55.5 Å². The molecule has 218 valence electrons. The maximum atomic E-state index is 13.3. The molecule has 1 aliphatic rings. The van der Waals surface area contributed by atoms with Crippen LogP contribution in [0.25, 0.3) is 5.69 Å². The highest BCUT2D eigenvalue weighted by atomic mass is 32.2. The lowest BCUT2D eigenvalue weighted by Crippen LogP contribution is -2.55. The van der Waals surface area contributed by atoms with Gasteiger partial charge in [-0.3, -0.25) is 14.2 Å². The topological polar surface area (TPSA) is 80.6 Å². The van der Waals surface area contributed by atoms with E-state index in [1.165, 1.54) is 24.3 Å². The summed E-state index contributed by atoms with van der Waals surface area (Å²) in [6.45, 7) is 3.36. The van der Waals surface area contributed by atoms with Crippen molar-refractivity contribution < 1.29 is 18.7 Å². The Hall–Kier alpha value is -4.18. The number of hydrogen-bond donors (Lipinski definition) is 0. The zero-order valence-corrected chi connectivity index (χ0v) is 24.6. The van der Waals surface area contributed by atoms with E-state index < -0.39 is 0 Å². The first-order chi connectivity index (χ1) is 20.4. The number of halogens is 1. The van der Waals surface area contributed by atoms with Crippen molar-refractivity contribution in [1.82, 2.24) is 24.6 Å². The molecule has 1 fully saturated rings. The number of ether oxygens (including phenoxy) is 1. The second kappa shape index (κ2) is 13.7. The van der Waals surface area contributed by atoms with Gasteiger partial charge in [-0.25, -0.2) is 4.39 Å². The van der Waals surface area contributed by atoms with Crippen LogP contribution in [0.2, 0.25) is 0 Å². The molecule has 10 heteroatoms. The lowest BCUT2D eigenvalue weighted by Gasteiger charge is -2.40. The predicted octanol–water partition coefficient (Wildman–Crippen LogP) is 5.25. The van der Waals surface area contributed by atoms with Crippen molar-refractivity contribution in [3.8, 4) is 11.4 Å². The molecule has 42 heavy (non-hydrogen) atoms. The van der Waals surface area contributed by atoms with E-state index in [4.69, 9.17) is 4.74 Å². The van der Waals surface area contributed by atoms with Crippen LogP contribution >= 0.6 is 11.8 Å². The molecule has 8 nitrogen and oxygen atoms in total. The van der Waals surface area contributed by atoms with Crippen molar-refractivity contribution in [2.24, 2.45) is 0 Å². The van der Waals surface area contributed by atoms with Gasteiger partial charge >= 0.3 is 0 Å². The van der Waals surface area contributed by atoms with Crippen molar-refractivity contribution in [1.29, 1.82) is 0 Å².